The maximum absolute atomic E-state index is 6.06. The van der Waals surface area contributed by atoms with Crippen molar-refractivity contribution >= 4 is 23.1 Å². The molecule has 1 aromatic heterocycles. The molecule has 1 aromatic rings. The van der Waals surface area contributed by atoms with Gasteiger partial charge in [0.2, 0.25) is 0 Å². The molecule has 1 aliphatic rings. The molecule has 2 rings (SSSR count). The lowest BCUT2D eigenvalue weighted by Gasteiger charge is -2.30. The Morgan fingerprint density at radius 2 is 2.18 bits per heavy atom. The summed E-state index contributed by atoms with van der Waals surface area (Å²) < 4.78 is 0. The second kappa shape index (κ2) is 5.93. The molecule has 1 saturated carbocycles. The van der Waals surface area contributed by atoms with E-state index in [2.05, 4.69) is 15.6 Å². The van der Waals surface area contributed by atoms with Crippen LogP contribution >= 0.6 is 12.2 Å². The van der Waals surface area contributed by atoms with Crippen molar-refractivity contribution in [3.8, 4) is 0 Å². The number of hydrogen-bond acceptors (Lipinski definition) is 3. The third-order valence-corrected chi connectivity index (χ3v) is 3.26. The summed E-state index contributed by atoms with van der Waals surface area (Å²) in [7, 11) is 0. The minimum Gasteiger partial charge on any atom is -0.358 e. The zero-order chi connectivity index (χ0) is 12.1. The molecule has 0 bridgehead atoms. The maximum Gasteiger partial charge on any atom is 0.172 e. The molecule has 1 heterocycles. The van der Waals surface area contributed by atoms with Gasteiger partial charge in [-0.15, -0.1) is 0 Å². The molecule has 0 saturated heterocycles. The summed E-state index contributed by atoms with van der Waals surface area (Å²) >= 11 is 5.25. The van der Waals surface area contributed by atoms with Crippen LogP contribution in [0.4, 0.5) is 5.82 Å². The summed E-state index contributed by atoms with van der Waals surface area (Å²) in [6.07, 6.45) is 6.34. The monoisotopic (exact) mass is 250 g/mol. The number of rotatable bonds is 2. The second-order valence-electron chi connectivity index (χ2n) is 4.37. The van der Waals surface area contributed by atoms with E-state index in [4.69, 9.17) is 18.0 Å². The predicted molar refractivity (Wildman–Crippen MR) is 73.8 cm³/mol. The van der Waals surface area contributed by atoms with Crippen molar-refractivity contribution in [2.45, 2.75) is 37.8 Å². The molecule has 0 amide bonds. The van der Waals surface area contributed by atoms with Crippen molar-refractivity contribution in [1.29, 1.82) is 0 Å². The number of hydrogen-bond donors (Lipinski definition) is 3. The smallest absolute Gasteiger partial charge is 0.172 e. The van der Waals surface area contributed by atoms with Crippen LogP contribution in [0.5, 0.6) is 0 Å². The molecule has 0 radical (unpaired) electrons. The standard InChI is InChI=1S/C12H18N4S/c13-9-5-1-2-6-10(9)15-12(17)16-11-7-3-4-8-14-11/h3-4,7-10H,1-2,5-6,13H2,(H2,14,15,16,17)/t9-,10-/m1/s1. The van der Waals surface area contributed by atoms with Gasteiger partial charge in [0.15, 0.2) is 5.11 Å². The minimum absolute atomic E-state index is 0.201. The van der Waals surface area contributed by atoms with E-state index < -0.39 is 0 Å². The Kier molecular flexibility index (Phi) is 4.28. The van der Waals surface area contributed by atoms with Crippen LogP contribution in [0.25, 0.3) is 0 Å². The van der Waals surface area contributed by atoms with E-state index in [1.807, 2.05) is 18.2 Å². The molecule has 0 unspecified atom stereocenters. The lowest BCUT2D eigenvalue weighted by atomic mass is 9.91. The lowest BCUT2D eigenvalue weighted by molar-refractivity contribution is 0.361. The highest BCUT2D eigenvalue weighted by Crippen LogP contribution is 2.16. The normalized spacial score (nSPS) is 24.1. The molecule has 0 spiro atoms. The number of nitrogens with one attached hydrogen (secondary N) is 2. The number of anilines is 1. The molecule has 0 aliphatic heterocycles. The Balaban J connectivity index is 1.84. The Hall–Kier alpha value is -1.20. The molecule has 4 N–H and O–H groups in total. The van der Waals surface area contributed by atoms with Crippen molar-refractivity contribution in [3.63, 3.8) is 0 Å². The van der Waals surface area contributed by atoms with Gasteiger partial charge in [0, 0.05) is 18.3 Å². The van der Waals surface area contributed by atoms with E-state index in [-0.39, 0.29) is 12.1 Å². The van der Waals surface area contributed by atoms with Gasteiger partial charge in [-0.05, 0) is 37.2 Å². The van der Waals surface area contributed by atoms with E-state index >= 15 is 0 Å². The molecule has 5 heteroatoms. The highest BCUT2D eigenvalue weighted by Gasteiger charge is 2.22. The number of pyridine rings is 1. The highest BCUT2D eigenvalue weighted by molar-refractivity contribution is 7.80. The van der Waals surface area contributed by atoms with E-state index in [1.165, 1.54) is 12.8 Å². The number of nitrogens with two attached hydrogens (primary N) is 1. The number of thiocarbonyl (C=S) groups is 1. The third-order valence-electron chi connectivity index (χ3n) is 3.04. The zero-order valence-corrected chi connectivity index (χ0v) is 10.5. The van der Waals surface area contributed by atoms with Crippen LogP contribution in [0.15, 0.2) is 24.4 Å². The van der Waals surface area contributed by atoms with Crippen molar-refractivity contribution < 1.29 is 0 Å². The van der Waals surface area contributed by atoms with Crippen LogP contribution in [-0.2, 0) is 0 Å². The first-order chi connectivity index (χ1) is 8.25. The van der Waals surface area contributed by atoms with Gasteiger partial charge in [-0.1, -0.05) is 18.9 Å². The van der Waals surface area contributed by atoms with Crippen molar-refractivity contribution in [2.24, 2.45) is 5.73 Å². The molecule has 2 atom stereocenters. The van der Waals surface area contributed by atoms with Crippen LogP contribution in [0.3, 0.4) is 0 Å². The molecule has 4 nitrogen and oxygen atoms in total. The van der Waals surface area contributed by atoms with Crippen molar-refractivity contribution in [2.75, 3.05) is 5.32 Å². The minimum atomic E-state index is 0.201. The van der Waals surface area contributed by atoms with Gasteiger partial charge in [-0.2, -0.15) is 0 Å². The highest BCUT2D eigenvalue weighted by atomic mass is 32.1. The Bertz CT molecular complexity index is 368. The van der Waals surface area contributed by atoms with Gasteiger partial charge in [-0.25, -0.2) is 4.98 Å². The van der Waals surface area contributed by atoms with Crippen LogP contribution < -0.4 is 16.4 Å². The van der Waals surface area contributed by atoms with Crippen LogP contribution in [0.1, 0.15) is 25.7 Å². The lowest BCUT2D eigenvalue weighted by Crippen LogP contribution is -2.50. The van der Waals surface area contributed by atoms with Gasteiger partial charge < -0.3 is 16.4 Å². The van der Waals surface area contributed by atoms with Crippen molar-refractivity contribution in [1.82, 2.24) is 10.3 Å². The summed E-state index contributed by atoms with van der Waals surface area (Å²) in [6, 6.07) is 6.16. The fourth-order valence-electron chi connectivity index (χ4n) is 2.10. The first-order valence-electron chi connectivity index (χ1n) is 6.00. The third kappa shape index (κ3) is 3.64. The van der Waals surface area contributed by atoms with Gasteiger partial charge in [0.25, 0.3) is 0 Å². The summed E-state index contributed by atoms with van der Waals surface area (Å²) in [6.45, 7) is 0. The Labute approximate surface area is 107 Å². The first-order valence-corrected chi connectivity index (χ1v) is 6.40. The molecular formula is C12H18N4S. The topological polar surface area (TPSA) is 63.0 Å². The van der Waals surface area contributed by atoms with E-state index in [1.54, 1.807) is 6.20 Å². The molecule has 1 fully saturated rings. The van der Waals surface area contributed by atoms with Gasteiger partial charge in [0.05, 0.1) is 0 Å². The summed E-state index contributed by atoms with van der Waals surface area (Å²) in [5.41, 5.74) is 6.06. The van der Waals surface area contributed by atoms with Gasteiger partial charge in [-0.3, -0.25) is 0 Å². The molecular weight excluding hydrogens is 232 g/mol. The number of nitrogens with zero attached hydrogens (tertiary/aromatic N) is 1. The SMILES string of the molecule is N[C@@H]1CCCC[C@H]1NC(=S)Nc1ccccn1. The first kappa shape index (κ1) is 12.3. The van der Waals surface area contributed by atoms with Gasteiger partial charge in [0.1, 0.15) is 5.82 Å². The zero-order valence-electron chi connectivity index (χ0n) is 9.73. The summed E-state index contributed by atoms with van der Waals surface area (Å²) in [5.74, 6) is 0.759. The molecule has 0 aromatic carbocycles. The Morgan fingerprint density at radius 1 is 1.35 bits per heavy atom. The van der Waals surface area contributed by atoms with E-state index in [9.17, 15) is 0 Å². The quantitative estimate of drug-likeness (QED) is 0.696. The Morgan fingerprint density at radius 3 is 2.88 bits per heavy atom. The molecule has 1 aliphatic carbocycles. The summed E-state index contributed by atoms with van der Waals surface area (Å²) in [4.78, 5) is 4.16. The second-order valence-corrected chi connectivity index (χ2v) is 4.78. The van der Waals surface area contributed by atoms with Crippen molar-refractivity contribution in [3.05, 3.63) is 24.4 Å². The fraction of sp³-hybridized carbons (Fsp3) is 0.500. The van der Waals surface area contributed by atoms with E-state index in [0.717, 1.165) is 18.7 Å². The van der Waals surface area contributed by atoms with E-state index in [0.29, 0.717) is 5.11 Å². The largest absolute Gasteiger partial charge is 0.358 e. The summed E-state index contributed by atoms with van der Waals surface area (Å²) in [5, 5.41) is 6.94. The van der Waals surface area contributed by atoms with Gasteiger partial charge >= 0.3 is 0 Å². The average Bonchev–Trinajstić information content (AvgIpc) is 2.33. The number of aromatic nitrogens is 1. The van der Waals surface area contributed by atoms with Crippen LogP contribution in [0.2, 0.25) is 0 Å². The fourth-order valence-corrected chi connectivity index (χ4v) is 2.35. The van der Waals surface area contributed by atoms with Crippen LogP contribution in [-0.4, -0.2) is 22.2 Å². The molecule has 92 valence electrons. The predicted octanol–water partition coefficient (Wildman–Crippen LogP) is 1.64. The average molecular weight is 250 g/mol. The van der Waals surface area contributed by atoms with Crippen LogP contribution in [0, 0.1) is 0 Å². The maximum atomic E-state index is 6.06. The molecule has 17 heavy (non-hydrogen) atoms.